The molecule has 2 heteroatoms. The van der Waals surface area contributed by atoms with Crippen LogP contribution in [0, 0.1) is 29.6 Å². The average Bonchev–Trinajstić information content (AvgIpc) is 2.58. The van der Waals surface area contributed by atoms with Gasteiger partial charge in [-0.3, -0.25) is 4.79 Å². The van der Waals surface area contributed by atoms with E-state index in [1.165, 1.54) is 6.42 Å². The summed E-state index contributed by atoms with van der Waals surface area (Å²) in [7, 11) is 0. The Morgan fingerprint density at radius 3 is 2.92 bits per heavy atom. The first-order chi connectivity index (χ1) is 5.77. The number of hydrogen-bond acceptors (Lipinski definition) is 2. The van der Waals surface area contributed by atoms with Crippen molar-refractivity contribution < 1.29 is 9.53 Å². The lowest BCUT2D eigenvalue weighted by molar-refractivity contribution is -0.163. The molecule has 0 aromatic heterocycles. The van der Waals surface area contributed by atoms with E-state index in [1.807, 2.05) is 0 Å². The highest BCUT2D eigenvalue weighted by Crippen LogP contribution is 2.57. The molecule has 1 aliphatic heterocycles. The lowest BCUT2D eigenvalue weighted by Crippen LogP contribution is -2.40. The molecule has 3 aliphatic rings. The van der Waals surface area contributed by atoms with Crippen molar-refractivity contribution in [1.29, 1.82) is 0 Å². The number of hydrogen-bond donors (Lipinski definition) is 0. The van der Waals surface area contributed by atoms with E-state index < -0.39 is 0 Å². The van der Waals surface area contributed by atoms with Crippen molar-refractivity contribution in [2.75, 3.05) is 6.61 Å². The Morgan fingerprint density at radius 2 is 2.17 bits per heavy atom. The summed E-state index contributed by atoms with van der Waals surface area (Å²) in [6.45, 7) is 3.03. The molecule has 3 rings (SSSR count). The van der Waals surface area contributed by atoms with E-state index in [4.69, 9.17) is 4.74 Å². The van der Waals surface area contributed by atoms with Crippen LogP contribution in [0.3, 0.4) is 0 Å². The molecular weight excluding hydrogens is 152 g/mol. The molecule has 2 saturated carbocycles. The summed E-state index contributed by atoms with van der Waals surface area (Å²) in [5.74, 6) is 3.39. The largest absolute Gasteiger partial charge is 0.465 e. The number of fused-ring (bicyclic) bond motifs is 1. The maximum absolute atomic E-state index is 11.3. The molecule has 1 saturated heterocycles. The first kappa shape index (κ1) is 6.93. The van der Waals surface area contributed by atoms with Gasteiger partial charge in [-0.25, -0.2) is 0 Å². The van der Waals surface area contributed by atoms with E-state index in [-0.39, 0.29) is 11.9 Å². The van der Waals surface area contributed by atoms with Crippen molar-refractivity contribution in [3.63, 3.8) is 0 Å². The summed E-state index contributed by atoms with van der Waals surface area (Å²) >= 11 is 0. The maximum Gasteiger partial charge on any atom is 0.309 e. The lowest BCUT2D eigenvalue weighted by Gasteiger charge is -2.37. The SMILES string of the molecule is CC1C2CC3C(=O)OCC1C3C2. The van der Waals surface area contributed by atoms with Gasteiger partial charge in [0, 0.05) is 0 Å². The van der Waals surface area contributed by atoms with E-state index in [0.717, 1.165) is 18.3 Å². The van der Waals surface area contributed by atoms with Crippen LogP contribution in [0.5, 0.6) is 0 Å². The molecule has 2 aliphatic carbocycles. The Hall–Kier alpha value is -0.530. The Kier molecular flexibility index (Phi) is 1.18. The van der Waals surface area contributed by atoms with Crippen LogP contribution in [-0.2, 0) is 9.53 Å². The van der Waals surface area contributed by atoms with E-state index in [1.54, 1.807) is 0 Å². The maximum atomic E-state index is 11.3. The minimum Gasteiger partial charge on any atom is -0.465 e. The van der Waals surface area contributed by atoms with Crippen LogP contribution in [0.25, 0.3) is 0 Å². The average molecular weight is 166 g/mol. The van der Waals surface area contributed by atoms with Crippen LogP contribution in [-0.4, -0.2) is 12.6 Å². The zero-order valence-corrected chi connectivity index (χ0v) is 7.32. The Labute approximate surface area is 72.3 Å². The molecule has 0 radical (unpaired) electrons. The zero-order valence-electron chi connectivity index (χ0n) is 7.32. The molecule has 2 bridgehead atoms. The fraction of sp³-hybridized carbons (Fsp3) is 0.900. The number of carbonyl (C=O) groups is 1. The summed E-state index contributed by atoms with van der Waals surface area (Å²) < 4.78 is 5.17. The Morgan fingerprint density at radius 1 is 1.33 bits per heavy atom. The minimum atomic E-state index is 0.0886. The normalized spacial score (nSPS) is 55.8. The summed E-state index contributed by atoms with van der Waals surface area (Å²) in [6, 6.07) is 0. The van der Waals surface area contributed by atoms with Gasteiger partial charge in [0.05, 0.1) is 12.5 Å². The third kappa shape index (κ3) is 0.644. The highest BCUT2D eigenvalue weighted by Gasteiger charge is 2.56. The van der Waals surface area contributed by atoms with E-state index >= 15 is 0 Å². The Bertz CT molecular complexity index is 236. The molecule has 0 amide bonds. The van der Waals surface area contributed by atoms with Gasteiger partial charge in [0.1, 0.15) is 0 Å². The standard InChI is InChI=1S/C10H14O2/c1-5-6-2-7-8(3-6)10(11)12-4-9(5)7/h5-9H,2-4H2,1H3. The smallest absolute Gasteiger partial charge is 0.309 e. The molecule has 0 aromatic rings. The van der Waals surface area contributed by atoms with Crippen molar-refractivity contribution in [3.05, 3.63) is 0 Å². The van der Waals surface area contributed by atoms with Crippen molar-refractivity contribution >= 4 is 5.97 Å². The van der Waals surface area contributed by atoms with E-state index in [9.17, 15) is 4.79 Å². The van der Waals surface area contributed by atoms with Gasteiger partial charge in [-0.15, -0.1) is 0 Å². The second-order valence-corrected chi connectivity index (χ2v) is 4.65. The molecular formula is C10H14O2. The monoisotopic (exact) mass is 166 g/mol. The van der Waals surface area contributed by atoms with Gasteiger partial charge < -0.3 is 4.74 Å². The van der Waals surface area contributed by atoms with Gasteiger partial charge >= 0.3 is 5.97 Å². The quantitative estimate of drug-likeness (QED) is 0.509. The fourth-order valence-corrected chi connectivity index (χ4v) is 3.58. The van der Waals surface area contributed by atoms with Crippen molar-refractivity contribution in [2.24, 2.45) is 29.6 Å². The predicted octanol–water partition coefficient (Wildman–Crippen LogP) is 1.45. The van der Waals surface area contributed by atoms with Crippen LogP contribution in [0.2, 0.25) is 0 Å². The third-order valence-electron chi connectivity index (χ3n) is 4.34. The van der Waals surface area contributed by atoms with Crippen LogP contribution in [0.4, 0.5) is 0 Å². The summed E-state index contributed by atoms with van der Waals surface area (Å²) in [5, 5.41) is 0. The van der Waals surface area contributed by atoms with Crippen LogP contribution >= 0.6 is 0 Å². The predicted molar refractivity (Wildman–Crippen MR) is 43.3 cm³/mol. The molecule has 0 N–H and O–H groups in total. The molecule has 66 valence electrons. The van der Waals surface area contributed by atoms with Gasteiger partial charge in [-0.2, -0.15) is 0 Å². The Balaban J connectivity index is 1.95. The third-order valence-corrected chi connectivity index (χ3v) is 4.34. The van der Waals surface area contributed by atoms with Gasteiger partial charge in [0.15, 0.2) is 0 Å². The first-order valence-corrected chi connectivity index (χ1v) is 4.94. The van der Waals surface area contributed by atoms with Gasteiger partial charge in [0.25, 0.3) is 0 Å². The summed E-state index contributed by atoms with van der Waals surface area (Å²) in [4.78, 5) is 11.3. The van der Waals surface area contributed by atoms with Gasteiger partial charge in [0.2, 0.25) is 0 Å². The topological polar surface area (TPSA) is 26.3 Å². The van der Waals surface area contributed by atoms with Crippen LogP contribution in [0.15, 0.2) is 0 Å². The molecule has 1 heterocycles. The minimum absolute atomic E-state index is 0.0886. The first-order valence-electron chi connectivity index (χ1n) is 4.94. The highest BCUT2D eigenvalue weighted by molar-refractivity contribution is 5.74. The van der Waals surface area contributed by atoms with Crippen molar-refractivity contribution in [3.8, 4) is 0 Å². The summed E-state index contributed by atoms with van der Waals surface area (Å²) in [5.41, 5.74) is 0. The number of esters is 1. The molecule has 5 unspecified atom stereocenters. The molecule has 2 nitrogen and oxygen atoms in total. The number of carbonyl (C=O) groups excluding carboxylic acids is 1. The number of ether oxygens (including phenoxy) is 1. The van der Waals surface area contributed by atoms with E-state index in [2.05, 4.69) is 6.92 Å². The number of rotatable bonds is 0. The number of cyclic esters (lactones) is 1. The molecule has 0 aromatic carbocycles. The zero-order chi connectivity index (χ0) is 8.29. The van der Waals surface area contributed by atoms with Crippen LogP contribution < -0.4 is 0 Å². The highest BCUT2D eigenvalue weighted by atomic mass is 16.5. The molecule has 5 atom stereocenters. The molecule has 12 heavy (non-hydrogen) atoms. The van der Waals surface area contributed by atoms with Gasteiger partial charge in [-0.05, 0) is 36.5 Å². The summed E-state index contributed by atoms with van der Waals surface area (Å²) in [6.07, 6.45) is 2.41. The molecule has 3 fully saturated rings. The van der Waals surface area contributed by atoms with Gasteiger partial charge in [-0.1, -0.05) is 6.92 Å². The van der Waals surface area contributed by atoms with Crippen molar-refractivity contribution in [2.45, 2.75) is 19.8 Å². The molecule has 0 spiro atoms. The van der Waals surface area contributed by atoms with E-state index in [0.29, 0.717) is 18.4 Å². The van der Waals surface area contributed by atoms with Crippen molar-refractivity contribution in [1.82, 2.24) is 0 Å². The van der Waals surface area contributed by atoms with Crippen LogP contribution in [0.1, 0.15) is 19.8 Å². The second kappa shape index (κ2) is 2.04. The second-order valence-electron chi connectivity index (χ2n) is 4.65. The lowest BCUT2D eigenvalue weighted by atomic mass is 9.74. The fourth-order valence-electron chi connectivity index (χ4n) is 3.58.